The summed E-state index contributed by atoms with van der Waals surface area (Å²) >= 11 is 0. The predicted molar refractivity (Wildman–Crippen MR) is 233 cm³/mol. The van der Waals surface area contributed by atoms with E-state index in [9.17, 15) is 5.11 Å². The van der Waals surface area contributed by atoms with Gasteiger partial charge >= 0.3 is 0 Å². The number of nitrogens with one attached hydrogen (secondary N) is 1. The first-order chi connectivity index (χ1) is 25.4. The van der Waals surface area contributed by atoms with Crippen LogP contribution in [0.3, 0.4) is 0 Å². The molecule has 280 valence electrons. The molecule has 52 heavy (non-hydrogen) atoms. The molecular weight excluding hydrogens is 639 g/mol. The van der Waals surface area contributed by atoms with E-state index in [2.05, 4.69) is 102 Å². The summed E-state index contributed by atoms with van der Waals surface area (Å²) in [5.74, 6) is 0.134. The number of azo groups is 2. The summed E-state index contributed by atoms with van der Waals surface area (Å²) in [5, 5.41) is 37.4. The fourth-order valence-electron chi connectivity index (χ4n) is 4.73. The van der Waals surface area contributed by atoms with Gasteiger partial charge in [-0.15, -0.1) is 10.2 Å². The van der Waals surface area contributed by atoms with E-state index < -0.39 is 0 Å². The Balaban J connectivity index is 0.000000971. The van der Waals surface area contributed by atoms with Gasteiger partial charge in [0.2, 0.25) is 0 Å². The highest BCUT2D eigenvalue weighted by molar-refractivity contribution is 6.00. The smallest absolute Gasteiger partial charge is 0.151 e. The summed E-state index contributed by atoms with van der Waals surface area (Å²) in [4.78, 5) is 0. The van der Waals surface area contributed by atoms with E-state index in [4.69, 9.17) is 0 Å². The summed E-state index contributed by atoms with van der Waals surface area (Å²) in [6.07, 6.45) is 2.50. The normalized spacial score (nSPS) is 9.79. The van der Waals surface area contributed by atoms with E-state index in [1.165, 1.54) is 23.6 Å². The van der Waals surface area contributed by atoms with Gasteiger partial charge in [-0.2, -0.15) is 10.2 Å². The molecule has 0 aliphatic heterocycles. The molecule has 0 atom stereocenters. The number of benzene rings is 6. The Morgan fingerprint density at radius 3 is 1.40 bits per heavy atom. The molecule has 0 aromatic heterocycles. The fraction of sp³-hybridized carbons (Fsp3) is 0.348. The third kappa shape index (κ3) is 14.6. The summed E-state index contributed by atoms with van der Waals surface area (Å²) in [7, 11) is 1.65. The molecule has 0 saturated carbocycles. The molecule has 0 unspecified atom stereocenters. The van der Waals surface area contributed by atoms with Crippen molar-refractivity contribution in [2.75, 3.05) is 18.9 Å². The van der Waals surface area contributed by atoms with Crippen LogP contribution in [0.1, 0.15) is 94.6 Å². The molecular formula is C46H65N5O. The number of nitrogens with zero attached hydrogens (tertiary/aromatic N) is 4. The molecule has 0 saturated heterocycles. The highest BCUT2D eigenvalue weighted by atomic mass is 16.3. The maximum Gasteiger partial charge on any atom is 0.151 e. The van der Waals surface area contributed by atoms with Gasteiger partial charge in [-0.05, 0) is 65.9 Å². The maximum absolute atomic E-state index is 10.9. The molecule has 6 heteroatoms. The molecule has 0 spiro atoms. The van der Waals surface area contributed by atoms with E-state index >= 15 is 0 Å². The van der Waals surface area contributed by atoms with Gasteiger partial charge in [-0.1, -0.05) is 161 Å². The van der Waals surface area contributed by atoms with Gasteiger partial charge in [0, 0.05) is 35.4 Å². The Kier molecular flexibility index (Phi) is 25.8. The van der Waals surface area contributed by atoms with Gasteiger partial charge < -0.3 is 10.4 Å². The fourth-order valence-corrected chi connectivity index (χ4v) is 4.73. The van der Waals surface area contributed by atoms with Crippen LogP contribution in [0.4, 0.5) is 22.7 Å². The molecule has 0 bridgehead atoms. The first kappa shape index (κ1) is 46.9. The van der Waals surface area contributed by atoms with Crippen molar-refractivity contribution in [3.8, 4) is 5.75 Å². The van der Waals surface area contributed by atoms with Crippen molar-refractivity contribution >= 4 is 55.1 Å². The number of anilines is 1. The summed E-state index contributed by atoms with van der Waals surface area (Å²) in [5.41, 5.74) is 3.78. The minimum atomic E-state index is 0.134. The molecule has 6 aromatic carbocycles. The Bertz CT molecular complexity index is 1830. The highest BCUT2D eigenvalue weighted by Gasteiger charge is 2.12. The van der Waals surface area contributed by atoms with Gasteiger partial charge in [0.1, 0.15) is 5.69 Å². The Morgan fingerprint density at radius 2 is 0.962 bits per heavy atom. The van der Waals surface area contributed by atoms with E-state index in [0.717, 1.165) is 45.0 Å². The number of aryl methyl sites for hydroxylation is 1. The minimum Gasteiger partial charge on any atom is -0.505 e. The van der Waals surface area contributed by atoms with Crippen molar-refractivity contribution in [3.63, 3.8) is 0 Å². The van der Waals surface area contributed by atoms with Crippen molar-refractivity contribution < 1.29 is 5.11 Å². The number of fused-ring (bicyclic) bond motifs is 3. The zero-order chi connectivity index (χ0) is 39.3. The lowest BCUT2D eigenvalue weighted by molar-refractivity contribution is 0.482. The van der Waals surface area contributed by atoms with Gasteiger partial charge in [-0.3, -0.25) is 0 Å². The van der Waals surface area contributed by atoms with E-state index in [1.807, 2.05) is 116 Å². The molecule has 2 N–H and O–H groups in total. The summed E-state index contributed by atoms with van der Waals surface area (Å²) < 4.78 is 0. The second-order valence-electron chi connectivity index (χ2n) is 10.8. The van der Waals surface area contributed by atoms with Crippen molar-refractivity contribution in [2.24, 2.45) is 20.5 Å². The molecule has 6 rings (SSSR count). The largest absolute Gasteiger partial charge is 0.505 e. The van der Waals surface area contributed by atoms with Crippen molar-refractivity contribution in [2.45, 2.75) is 95.9 Å². The Morgan fingerprint density at radius 1 is 0.519 bits per heavy atom. The Hall–Kier alpha value is -5.10. The van der Waals surface area contributed by atoms with Crippen molar-refractivity contribution in [3.05, 3.63) is 115 Å². The van der Waals surface area contributed by atoms with Crippen LogP contribution < -0.4 is 5.32 Å². The van der Waals surface area contributed by atoms with Gasteiger partial charge in [0.15, 0.2) is 5.75 Å². The summed E-state index contributed by atoms with van der Waals surface area (Å²) in [6.45, 7) is 25.3. The average molecular weight is 704 g/mol. The molecule has 0 fully saturated rings. The third-order valence-corrected chi connectivity index (χ3v) is 6.66. The van der Waals surface area contributed by atoms with Crippen molar-refractivity contribution in [1.82, 2.24) is 0 Å². The maximum atomic E-state index is 10.9. The standard InChI is InChI=1S/C24H23N5O.C10H8.2C3H8.3C2H6/c1-4-26-17-10-9-16-13-15(2)23(24(30)20(16)14-17)29-28-22-12-11-21(27-25-3)18-7-5-6-8-19(18)22;1-2-6-10-8-4-3-7-9(10)5-1;2*1-3-2;3*1-2/h5-14,26,30H,4H2,1-3H3;1-8H;2*3H2,1-2H3;3*1-2H3. The molecule has 6 aromatic rings. The molecule has 0 heterocycles. The van der Waals surface area contributed by atoms with Gasteiger partial charge in [0.25, 0.3) is 0 Å². The molecule has 0 radical (unpaired) electrons. The van der Waals surface area contributed by atoms with Gasteiger partial charge in [-0.25, -0.2) is 0 Å². The number of phenols is 1. The van der Waals surface area contributed by atoms with Crippen LogP contribution in [0.5, 0.6) is 5.75 Å². The zero-order valence-corrected chi connectivity index (χ0v) is 34.2. The van der Waals surface area contributed by atoms with Crippen LogP contribution >= 0.6 is 0 Å². The topological polar surface area (TPSA) is 81.7 Å². The predicted octanol–water partition coefficient (Wildman–Crippen LogP) is 16.3. The first-order valence-corrected chi connectivity index (χ1v) is 19.1. The van der Waals surface area contributed by atoms with E-state index in [0.29, 0.717) is 11.4 Å². The minimum absolute atomic E-state index is 0.134. The van der Waals surface area contributed by atoms with E-state index in [-0.39, 0.29) is 5.75 Å². The van der Waals surface area contributed by atoms with Crippen molar-refractivity contribution in [1.29, 1.82) is 0 Å². The monoisotopic (exact) mass is 704 g/mol. The zero-order valence-electron chi connectivity index (χ0n) is 34.2. The molecule has 6 nitrogen and oxygen atoms in total. The molecule has 0 amide bonds. The second kappa shape index (κ2) is 28.6. The first-order valence-electron chi connectivity index (χ1n) is 19.1. The van der Waals surface area contributed by atoms with Crippen LogP contribution in [-0.4, -0.2) is 18.7 Å². The number of hydrogen-bond donors (Lipinski definition) is 2. The molecule has 0 aliphatic carbocycles. The number of hydrogen-bond acceptors (Lipinski definition) is 6. The average Bonchev–Trinajstić information content (AvgIpc) is 3.19. The quantitative estimate of drug-likeness (QED) is 0.175. The lowest BCUT2D eigenvalue weighted by Gasteiger charge is -2.10. The highest BCUT2D eigenvalue weighted by Crippen LogP contribution is 2.41. The van der Waals surface area contributed by atoms with Crippen LogP contribution in [0.2, 0.25) is 0 Å². The van der Waals surface area contributed by atoms with Crippen LogP contribution in [0, 0.1) is 6.92 Å². The van der Waals surface area contributed by atoms with Crippen LogP contribution in [0.15, 0.2) is 130 Å². The molecule has 0 aliphatic rings. The third-order valence-electron chi connectivity index (χ3n) is 6.66. The number of rotatable bonds is 5. The lowest BCUT2D eigenvalue weighted by atomic mass is 10.0. The SMILES string of the molecule is CC.CC.CC.CCC.CCC.CCNc1ccc2cc(C)c(N=Nc3ccc(N=NC)c4ccccc34)c(O)c2c1.c1ccc2ccccc2c1. The van der Waals surface area contributed by atoms with Crippen LogP contribution in [-0.2, 0) is 0 Å². The Labute approximate surface area is 315 Å². The lowest BCUT2D eigenvalue weighted by Crippen LogP contribution is -1.95. The second-order valence-corrected chi connectivity index (χ2v) is 10.8. The summed E-state index contributed by atoms with van der Waals surface area (Å²) in [6, 6.07) is 36.3. The van der Waals surface area contributed by atoms with Crippen LogP contribution in [0.25, 0.3) is 32.3 Å². The number of phenolic OH excluding ortho intramolecular Hbond substituents is 1. The van der Waals surface area contributed by atoms with E-state index in [1.54, 1.807) is 7.05 Å². The number of aromatic hydroxyl groups is 1. The van der Waals surface area contributed by atoms with Gasteiger partial charge in [0.05, 0.1) is 11.4 Å².